The number of piperidine rings is 1. The standard InChI is InChI=1S/C12H18Cl2N4/c13-9-8-10(14)12(17-11(9)15)16-4-7-18-5-2-1-3-6-18/h8H,1-7H2,(H3,15,16,17). The zero-order chi connectivity index (χ0) is 13.0. The van der Waals surface area contributed by atoms with Crippen molar-refractivity contribution in [3.63, 3.8) is 0 Å². The third kappa shape index (κ3) is 3.64. The number of hydrogen-bond donors (Lipinski definition) is 2. The van der Waals surface area contributed by atoms with E-state index in [0.29, 0.717) is 21.7 Å². The maximum Gasteiger partial charge on any atom is 0.147 e. The number of aromatic nitrogens is 1. The van der Waals surface area contributed by atoms with E-state index in [4.69, 9.17) is 28.9 Å². The van der Waals surface area contributed by atoms with Crippen molar-refractivity contribution in [2.75, 3.05) is 37.2 Å². The first-order valence-electron chi connectivity index (χ1n) is 6.24. The van der Waals surface area contributed by atoms with Gasteiger partial charge in [0.05, 0.1) is 10.0 Å². The Balaban J connectivity index is 1.84. The number of nitrogens with one attached hydrogen (secondary N) is 1. The fourth-order valence-electron chi connectivity index (χ4n) is 2.12. The van der Waals surface area contributed by atoms with E-state index >= 15 is 0 Å². The molecule has 1 saturated heterocycles. The Morgan fingerprint density at radius 1 is 1.22 bits per heavy atom. The molecule has 2 heterocycles. The summed E-state index contributed by atoms with van der Waals surface area (Å²) in [5, 5.41) is 4.10. The monoisotopic (exact) mass is 288 g/mol. The quantitative estimate of drug-likeness (QED) is 0.895. The number of likely N-dealkylation sites (tertiary alicyclic amines) is 1. The predicted molar refractivity (Wildman–Crippen MR) is 77.5 cm³/mol. The molecule has 2 rings (SSSR count). The van der Waals surface area contributed by atoms with Gasteiger partial charge in [-0.2, -0.15) is 0 Å². The maximum atomic E-state index is 6.04. The average Bonchev–Trinajstić information content (AvgIpc) is 2.37. The molecule has 0 saturated carbocycles. The van der Waals surface area contributed by atoms with E-state index in [-0.39, 0.29) is 0 Å². The number of pyridine rings is 1. The molecule has 4 nitrogen and oxygen atoms in total. The van der Waals surface area contributed by atoms with E-state index in [9.17, 15) is 0 Å². The van der Waals surface area contributed by atoms with Crippen LogP contribution in [0.1, 0.15) is 19.3 Å². The second-order valence-electron chi connectivity index (χ2n) is 4.51. The van der Waals surface area contributed by atoms with Gasteiger partial charge in [0, 0.05) is 13.1 Å². The number of rotatable bonds is 4. The first kappa shape index (κ1) is 13.7. The zero-order valence-electron chi connectivity index (χ0n) is 10.3. The van der Waals surface area contributed by atoms with Crippen LogP contribution >= 0.6 is 23.2 Å². The fraction of sp³-hybridized carbons (Fsp3) is 0.583. The van der Waals surface area contributed by atoms with E-state index in [1.54, 1.807) is 6.07 Å². The highest BCUT2D eigenvalue weighted by atomic mass is 35.5. The summed E-state index contributed by atoms with van der Waals surface area (Å²) >= 11 is 11.9. The molecule has 0 bridgehead atoms. The molecule has 0 spiro atoms. The largest absolute Gasteiger partial charge is 0.382 e. The number of nitrogens with zero attached hydrogens (tertiary/aromatic N) is 2. The molecule has 100 valence electrons. The third-order valence-electron chi connectivity index (χ3n) is 3.13. The topological polar surface area (TPSA) is 54.2 Å². The van der Waals surface area contributed by atoms with Gasteiger partial charge in [-0.05, 0) is 32.0 Å². The highest BCUT2D eigenvalue weighted by Gasteiger charge is 2.10. The van der Waals surface area contributed by atoms with Gasteiger partial charge in [-0.3, -0.25) is 0 Å². The van der Waals surface area contributed by atoms with Crippen molar-refractivity contribution < 1.29 is 0 Å². The van der Waals surface area contributed by atoms with E-state index in [0.717, 1.165) is 13.1 Å². The number of nitrogens with two attached hydrogens (primary N) is 1. The molecule has 6 heteroatoms. The molecule has 1 fully saturated rings. The molecule has 0 aromatic carbocycles. The lowest BCUT2D eigenvalue weighted by atomic mass is 10.1. The van der Waals surface area contributed by atoms with E-state index < -0.39 is 0 Å². The van der Waals surface area contributed by atoms with Gasteiger partial charge in [0.2, 0.25) is 0 Å². The Kier molecular flexibility index (Phi) is 4.92. The Morgan fingerprint density at radius 3 is 2.67 bits per heavy atom. The van der Waals surface area contributed by atoms with Crippen LogP contribution in [0.25, 0.3) is 0 Å². The highest BCUT2D eigenvalue weighted by molar-refractivity contribution is 6.37. The second-order valence-corrected chi connectivity index (χ2v) is 5.33. The molecule has 1 aliphatic heterocycles. The minimum absolute atomic E-state index is 0.307. The molecule has 0 unspecified atom stereocenters. The molecule has 0 radical (unpaired) electrons. The van der Waals surface area contributed by atoms with Crippen molar-refractivity contribution in [2.24, 2.45) is 0 Å². The lowest BCUT2D eigenvalue weighted by Crippen LogP contribution is -2.33. The lowest BCUT2D eigenvalue weighted by Gasteiger charge is -2.26. The minimum atomic E-state index is 0.307. The fourth-order valence-corrected chi connectivity index (χ4v) is 2.55. The number of anilines is 2. The summed E-state index contributed by atoms with van der Waals surface area (Å²) in [6.07, 6.45) is 3.95. The number of halogens is 2. The lowest BCUT2D eigenvalue weighted by molar-refractivity contribution is 0.237. The zero-order valence-corrected chi connectivity index (χ0v) is 11.8. The van der Waals surface area contributed by atoms with Crippen molar-refractivity contribution in [3.8, 4) is 0 Å². The van der Waals surface area contributed by atoms with E-state index in [1.807, 2.05) is 0 Å². The van der Waals surface area contributed by atoms with Crippen molar-refractivity contribution in [2.45, 2.75) is 19.3 Å². The summed E-state index contributed by atoms with van der Waals surface area (Å²) < 4.78 is 0. The van der Waals surface area contributed by atoms with Crippen LogP contribution < -0.4 is 11.1 Å². The Bertz CT molecular complexity index is 405. The van der Waals surface area contributed by atoms with Crippen molar-refractivity contribution in [3.05, 3.63) is 16.1 Å². The van der Waals surface area contributed by atoms with Crippen LogP contribution in [0.5, 0.6) is 0 Å². The molecule has 18 heavy (non-hydrogen) atoms. The molecule has 1 aromatic rings. The molecule has 0 atom stereocenters. The molecular formula is C12H18Cl2N4. The Labute approximate surface area is 117 Å². The number of hydrogen-bond acceptors (Lipinski definition) is 4. The van der Waals surface area contributed by atoms with Gasteiger partial charge >= 0.3 is 0 Å². The Hall–Kier alpha value is -0.710. The van der Waals surface area contributed by atoms with Crippen LogP contribution in [0.15, 0.2) is 6.07 Å². The first-order chi connectivity index (χ1) is 8.66. The number of nitrogen functional groups attached to an aromatic ring is 1. The van der Waals surface area contributed by atoms with Crippen molar-refractivity contribution in [1.82, 2.24) is 9.88 Å². The summed E-state index contributed by atoms with van der Waals surface area (Å²) in [5.41, 5.74) is 5.65. The molecule has 1 aromatic heterocycles. The smallest absolute Gasteiger partial charge is 0.147 e. The predicted octanol–water partition coefficient (Wildman–Crippen LogP) is 2.87. The SMILES string of the molecule is Nc1nc(NCCN2CCCCC2)c(Cl)cc1Cl. The van der Waals surface area contributed by atoms with Gasteiger partial charge in [0.25, 0.3) is 0 Å². The first-order valence-corrected chi connectivity index (χ1v) is 7.00. The van der Waals surface area contributed by atoms with E-state index in [1.165, 1.54) is 32.4 Å². The molecule has 3 N–H and O–H groups in total. The van der Waals surface area contributed by atoms with Gasteiger partial charge in [-0.1, -0.05) is 29.6 Å². The average molecular weight is 289 g/mol. The maximum absolute atomic E-state index is 6.04. The Morgan fingerprint density at radius 2 is 1.94 bits per heavy atom. The van der Waals surface area contributed by atoms with Gasteiger partial charge in [-0.15, -0.1) is 0 Å². The molecule has 1 aliphatic rings. The van der Waals surface area contributed by atoms with Crippen LogP contribution in [0.3, 0.4) is 0 Å². The van der Waals surface area contributed by atoms with E-state index in [2.05, 4.69) is 15.2 Å². The molecular weight excluding hydrogens is 271 g/mol. The van der Waals surface area contributed by atoms with Gasteiger partial charge in [0.1, 0.15) is 11.6 Å². The highest BCUT2D eigenvalue weighted by Crippen LogP contribution is 2.27. The molecule has 0 amide bonds. The summed E-state index contributed by atoms with van der Waals surface area (Å²) in [7, 11) is 0. The van der Waals surface area contributed by atoms with Crippen LogP contribution in [0, 0.1) is 0 Å². The van der Waals surface area contributed by atoms with Gasteiger partial charge < -0.3 is 16.0 Å². The van der Waals surface area contributed by atoms with Gasteiger partial charge in [0.15, 0.2) is 0 Å². The summed E-state index contributed by atoms with van der Waals surface area (Å²) in [6, 6.07) is 1.62. The summed E-state index contributed by atoms with van der Waals surface area (Å²) in [6.45, 7) is 4.19. The van der Waals surface area contributed by atoms with Crippen molar-refractivity contribution >= 4 is 34.8 Å². The van der Waals surface area contributed by atoms with Crippen LogP contribution in [-0.4, -0.2) is 36.1 Å². The third-order valence-corrected chi connectivity index (χ3v) is 3.72. The van der Waals surface area contributed by atoms with Crippen LogP contribution in [-0.2, 0) is 0 Å². The summed E-state index contributed by atoms with van der Waals surface area (Å²) in [5.74, 6) is 0.914. The van der Waals surface area contributed by atoms with Gasteiger partial charge in [-0.25, -0.2) is 4.98 Å². The normalized spacial score (nSPS) is 16.8. The minimum Gasteiger partial charge on any atom is -0.382 e. The second kappa shape index (κ2) is 6.45. The van der Waals surface area contributed by atoms with Crippen LogP contribution in [0.4, 0.5) is 11.6 Å². The van der Waals surface area contributed by atoms with Crippen LogP contribution in [0.2, 0.25) is 10.0 Å². The molecule has 0 aliphatic carbocycles. The summed E-state index contributed by atoms with van der Waals surface area (Å²) in [4.78, 5) is 6.59. The van der Waals surface area contributed by atoms with Crippen molar-refractivity contribution in [1.29, 1.82) is 0 Å².